The van der Waals surface area contributed by atoms with Gasteiger partial charge in [-0.2, -0.15) is 0 Å². The average molecular weight is 291 g/mol. The van der Waals surface area contributed by atoms with Crippen LogP contribution in [0.1, 0.15) is 31.2 Å². The van der Waals surface area contributed by atoms with E-state index in [1.54, 1.807) is 12.1 Å². The van der Waals surface area contributed by atoms with Gasteiger partial charge in [0.25, 0.3) is 0 Å². The Morgan fingerprint density at radius 2 is 1.86 bits per heavy atom. The second-order valence-electron chi connectivity index (χ2n) is 6.24. The van der Waals surface area contributed by atoms with Gasteiger partial charge in [-0.25, -0.2) is 4.39 Å². The van der Waals surface area contributed by atoms with Crippen LogP contribution >= 0.6 is 0 Å². The summed E-state index contributed by atoms with van der Waals surface area (Å²) in [6.45, 7) is 4.73. The van der Waals surface area contributed by atoms with E-state index in [1.807, 2.05) is 13.1 Å². The van der Waals surface area contributed by atoms with Crippen LogP contribution in [0.3, 0.4) is 0 Å². The number of benzene rings is 1. The third-order valence-corrected chi connectivity index (χ3v) is 4.91. The summed E-state index contributed by atoms with van der Waals surface area (Å²) in [5, 5.41) is 3.14. The number of rotatable bonds is 4. The molecule has 0 radical (unpaired) electrons. The molecule has 1 N–H and O–H groups in total. The molecule has 1 saturated heterocycles. The van der Waals surface area contributed by atoms with Crippen LogP contribution in [0.25, 0.3) is 0 Å². The molecule has 3 rings (SSSR count). The molecule has 2 aliphatic rings. The topological polar surface area (TPSA) is 18.5 Å². The van der Waals surface area contributed by atoms with Gasteiger partial charge in [0, 0.05) is 38.8 Å². The van der Waals surface area contributed by atoms with Gasteiger partial charge in [0.15, 0.2) is 0 Å². The highest BCUT2D eigenvalue weighted by atomic mass is 19.1. The highest BCUT2D eigenvalue weighted by Gasteiger charge is 2.27. The molecule has 116 valence electrons. The fourth-order valence-electron chi connectivity index (χ4n) is 3.83. The molecule has 1 saturated carbocycles. The normalized spacial score (nSPS) is 21.1. The fourth-order valence-corrected chi connectivity index (χ4v) is 3.83. The Labute approximate surface area is 127 Å². The van der Waals surface area contributed by atoms with Crippen molar-refractivity contribution in [1.29, 1.82) is 0 Å². The van der Waals surface area contributed by atoms with E-state index in [9.17, 15) is 4.39 Å². The smallest absolute Gasteiger partial charge is 0.146 e. The minimum atomic E-state index is -0.0860. The van der Waals surface area contributed by atoms with Crippen molar-refractivity contribution in [1.82, 2.24) is 10.2 Å². The molecule has 1 aliphatic heterocycles. The number of nitrogens with zero attached hydrogens (tertiary/aromatic N) is 2. The third kappa shape index (κ3) is 3.22. The van der Waals surface area contributed by atoms with Crippen molar-refractivity contribution in [2.45, 2.75) is 38.3 Å². The van der Waals surface area contributed by atoms with E-state index in [4.69, 9.17) is 0 Å². The molecule has 0 amide bonds. The molecule has 0 unspecified atom stereocenters. The van der Waals surface area contributed by atoms with Crippen molar-refractivity contribution in [3.63, 3.8) is 0 Å². The van der Waals surface area contributed by atoms with E-state index in [-0.39, 0.29) is 5.82 Å². The summed E-state index contributed by atoms with van der Waals surface area (Å²) < 4.78 is 14.3. The molecule has 1 heterocycles. The average Bonchev–Trinajstić information content (AvgIpc) is 3.02. The van der Waals surface area contributed by atoms with Gasteiger partial charge >= 0.3 is 0 Å². The third-order valence-electron chi connectivity index (χ3n) is 4.91. The maximum atomic E-state index is 14.3. The van der Waals surface area contributed by atoms with Crippen LogP contribution in [0.15, 0.2) is 18.2 Å². The van der Waals surface area contributed by atoms with E-state index in [0.29, 0.717) is 0 Å². The Morgan fingerprint density at radius 3 is 2.52 bits per heavy atom. The van der Waals surface area contributed by atoms with Crippen molar-refractivity contribution in [3.8, 4) is 0 Å². The van der Waals surface area contributed by atoms with Crippen LogP contribution in [0, 0.1) is 5.82 Å². The summed E-state index contributed by atoms with van der Waals surface area (Å²) in [5.41, 5.74) is 1.87. The largest absolute Gasteiger partial charge is 0.366 e. The molecular weight excluding hydrogens is 265 g/mol. The standard InChI is InChI=1S/C17H26FN3/c1-19-13-14-5-4-8-16(18)17(14)21-11-9-20(10-12-21)15-6-2-3-7-15/h4-5,8,15,19H,2-3,6-7,9-13H2,1H3. The molecule has 2 fully saturated rings. The summed E-state index contributed by atoms with van der Waals surface area (Å²) >= 11 is 0. The Kier molecular flexibility index (Phi) is 4.76. The Hall–Kier alpha value is -1.13. The number of para-hydroxylation sites is 1. The lowest BCUT2D eigenvalue weighted by Gasteiger charge is -2.39. The number of hydrogen-bond donors (Lipinski definition) is 1. The lowest BCUT2D eigenvalue weighted by atomic mass is 10.1. The summed E-state index contributed by atoms with van der Waals surface area (Å²) in [4.78, 5) is 4.84. The van der Waals surface area contributed by atoms with Crippen molar-refractivity contribution >= 4 is 5.69 Å². The second-order valence-corrected chi connectivity index (χ2v) is 6.24. The molecule has 1 aromatic carbocycles. The molecule has 0 bridgehead atoms. The molecule has 0 atom stereocenters. The monoisotopic (exact) mass is 291 g/mol. The second kappa shape index (κ2) is 6.75. The zero-order valence-electron chi connectivity index (χ0n) is 12.9. The van der Waals surface area contributed by atoms with Gasteiger partial charge in [-0.3, -0.25) is 4.90 Å². The number of nitrogens with one attached hydrogen (secondary N) is 1. The van der Waals surface area contributed by atoms with Crippen LogP contribution in [-0.2, 0) is 6.54 Å². The first-order valence-corrected chi connectivity index (χ1v) is 8.20. The number of piperazine rings is 1. The van der Waals surface area contributed by atoms with Crippen LogP contribution < -0.4 is 10.2 Å². The van der Waals surface area contributed by atoms with Crippen LogP contribution in [-0.4, -0.2) is 44.2 Å². The zero-order chi connectivity index (χ0) is 14.7. The first-order chi connectivity index (χ1) is 10.3. The summed E-state index contributed by atoms with van der Waals surface area (Å²) in [6, 6.07) is 6.20. The van der Waals surface area contributed by atoms with Gasteiger partial charge in [0.2, 0.25) is 0 Å². The molecule has 4 heteroatoms. The van der Waals surface area contributed by atoms with Crippen molar-refractivity contribution in [2.24, 2.45) is 0 Å². The predicted octanol–water partition coefficient (Wildman–Crippen LogP) is 2.61. The minimum absolute atomic E-state index is 0.0860. The Bertz CT molecular complexity index is 463. The maximum absolute atomic E-state index is 14.3. The van der Waals surface area contributed by atoms with Gasteiger partial charge in [0.05, 0.1) is 5.69 Å². The molecule has 3 nitrogen and oxygen atoms in total. The summed E-state index contributed by atoms with van der Waals surface area (Å²) in [6.07, 6.45) is 5.46. The van der Waals surface area contributed by atoms with E-state index in [1.165, 1.54) is 25.7 Å². The molecular formula is C17H26FN3. The van der Waals surface area contributed by atoms with Crippen LogP contribution in [0.2, 0.25) is 0 Å². The van der Waals surface area contributed by atoms with E-state index < -0.39 is 0 Å². The first kappa shape index (κ1) is 14.8. The van der Waals surface area contributed by atoms with Gasteiger partial charge in [-0.1, -0.05) is 25.0 Å². The molecule has 0 aromatic heterocycles. The zero-order valence-corrected chi connectivity index (χ0v) is 12.9. The molecule has 0 spiro atoms. The van der Waals surface area contributed by atoms with Gasteiger partial charge in [-0.15, -0.1) is 0 Å². The lowest BCUT2D eigenvalue weighted by molar-refractivity contribution is 0.187. The first-order valence-electron chi connectivity index (χ1n) is 8.20. The van der Waals surface area contributed by atoms with Gasteiger partial charge < -0.3 is 10.2 Å². The lowest BCUT2D eigenvalue weighted by Crippen LogP contribution is -2.50. The SMILES string of the molecule is CNCc1cccc(F)c1N1CCN(C2CCCC2)CC1. The Balaban J connectivity index is 1.68. The van der Waals surface area contributed by atoms with Crippen LogP contribution in [0.5, 0.6) is 0 Å². The van der Waals surface area contributed by atoms with E-state index in [0.717, 1.165) is 50.0 Å². The minimum Gasteiger partial charge on any atom is -0.366 e. The van der Waals surface area contributed by atoms with E-state index >= 15 is 0 Å². The predicted molar refractivity (Wildman–Crippen MR) is 85.2 cm³/mol. The Morgan fingerprint density at radius 1 is 1.14 bits per heavy atom. The summed E-state index contributed by atoms with van der Waals surface area (Å²) in [7, 11) is 1.91. The highest BCUT2D eigenvalue weighted by molar-refractivity contribution is 5.55. The molecule has 1 aliphatic carbocycles. The van der Waals surface area contributed by atoms with Gasteiger partial charge in [0.1, 0.15) is 5.82 Å². The van der Waals surface area contributed by atoms with Crippen LogP contribution in [0.4, 0.5) is 10.1 Å². The number of halogens is 1. The van der Waals surface area contributed by atoms with Crippen molar-refractivity contribution < 1.29 is 4.39 Å². The van der Waals surface area contributed by atoms with Crippen molar-refractivity contribution in [3.05, 3.63) is 29.6 Å². The number of anilines is 1. The highest BCUT2D eigenvalue weighted by Crippen LogP contribution is 2.28. The summed E-state index contributed by atoms with van der Waals surface area (Å²) in [5.74, 6) is -0.0860. The van der Waals surface area contributed by atoms with Crippen molar-refractivity contribution in [2.75, 3.05) is 38.1 Å². The quantitative estimate of drug-likeness (QED) is 0.920. The maximum Gasteiger partial charge on any atom is 0.146 e. The fraction of sp³-hybridized carbons (Fsp3) is 0.647. The molecule has 21 heavy (non-hydrogen) atoms. The van der Waals surface area contributed by atoms with Gasteiger partial charge in [-0.05, 0) is 31.5 Å². The number of hydrogen-bond acceptors (Lipinski definition) is 3. The van der Waals surface area contributed by atoms with E-state index in [2.05, 4.69) is 15.1 Å². The molecule has 1 aromatic rings.